The van der Waals surface area contributed by atoms with Gasteiger partial charge < -0.3 is 15.2 Å². The van der Waals surface area contributed by atoms with Crippen LogP contribution in [0.4, 0.5) is 0 Å². The van der Waals surface area contributed by atoms with Gasteiger partial charge in [0.15, 0.2) is 0 Å². The van der Waals surface area contributed by atoms with E-state index in [0.717, 1.165) is 18.4 Å². The molecule has 0 bridgehead atoms. The molecule has 1 aromatic rings. The van der Waals surface area contributed by atoms with E-state index in [4.69, 9.17) is 9.84 Å². The average molecular weight is 291 g/mol. The van der Waals surface area contributed by atoms with E-state index in [1.807, 2.05) is 24.3 Å². The summed E-state index contributed by atoms with van der Waals surface area (Å²) in [6.07, 6.45) is 3.16. The number of benzene rings is 1. The number of hydrogen-bond donors (Lipinski definition) is 2. The molecule has 0 spiro atoms. The van der Waals surface area contributed by atoms with Gasteiger partial charge in [0.1, 0.15) is 5.75 Å². The molecule has 114 valence electrons. The van der Waals surface area contributed by atoms with Crippen LogP contribution in [0.25, 0.3) is 0 Å². The SMILES string of the molecule is COc1ccccc1CC(=O)NC1CCCC(C(=O)O)C1. The lowest BCUT2D eigenvalue weighted by Crippen LogP contribution is -2.40. The summed E-state index contributed by atoms with van der Waals surface area (Å²) in [7, 11) is 1.58. The Labute approximate surface area is 124 Å². The molecule has 0 aromatic heterocycles. The van der Waals surface area contributed by atoms with Crippen LogP contribution in [0.1, 0.15) is 31.2 Å². The normalized spacial score (nSPS) is 21.6. The largest absolute Gasteiger partial charge is 0.496 e. The minimum Gasteiger partial charge on any atom is -0.496 e. The van der Waals surface area contributed by atoms with Gasteiger partial charge in [-0.1, -0.05) is 24.6 Å². The van der Waals surface area contributed by atoms with Crippen LogP contribution in [0.15, 0.2) is 24.3 Å². The third-order valence-electron chi connectivity index (χ3n) is 3.93. The first-order valence-electron chi connectivity index (χ1n) is 7.24. The van der Waals surface area contributed by atoms with Gasteiger partial charge >= 0.3 is 5.97 Å². The first-order chi connectivity index (χ1) is 10.1. The highest BCUT2D eigenvalue weighted by Crippen LogP contribution is 2.25. The molecule has 0 heterocycles. The van der Waals surface area contributed by atoms with Gasteiger partial charge in [0.05, 0.1) is 19.4 Å². The highest BCUT2D eigenvalue weighted by Gasteiger charge is 2.27. The molecule has 1 saturated carbocycles. The van der Waals surface area contributed by atoms with Crippen molar-refractivity contribution in [2.45, 2.75) is 38.1 Å². The van der Waals surface area contributed by atoms with Crippen molar-refractivity contribution in [1.82, 2.24) is 5.32 Å². The summed E-state index contributed by atoms with van der Waals surface area (Å²) in [6, 6.07) is 7.37. The number of carbonyl (C=O) groups is 2. The lowest BCUT2D eigenvalue weighted by Gasteiger charge is -2.27. The highest BCUT2D eigenvalue weighted by molar-refractivity contribution is 5.79. The van der Waals surface area contributed by atoms with Crippen LogP contribution in [0, 0.1) is 5.92 Å². The number of carboxylic acids is 1. The van der Waals surface area contributed by atoms with Crippen LogP contribution >= 0.6 is 0 Å². The second kappa shape index (κ2) is 7.11. The maximum Gasteiger partial charge on any atom is 0.306 e. The predicted octanol–water partition coefficient (Wildman–Crippen LogP) is 2.00. The van der Waals surface area contributed by atoms with Gasteiger partial charge in [0.2, 0.25) is 5.91 Å². The summed E-state index contributed by atoms with van der Waals surface area (Å²) in [5.74, 6) is -0.496. The van der Waals surface area contributed by atoms with Gasteiger partial charge in [-0.2, -0.15) is 0 Å². The predicted molar refractivity (Wildman–Crippen MR) is 78.2 cm³/mol. The minimum atomic E-state index is -0.765. The highest BCUT2D eigenvalue weighted by atomic mass is 16.5. The van der Waals surface area contributed by atoms with Gasteiger partial charge in [-0.05, 0) is 25.3 Å². The molecule has 0 saturated heterocycles. The van der Waals surface area contributed by atoms with E-state index in [2.05, 4.69) is 5.32 Å². The van der Waals surface area contributed by atoms with E-state index in [-0.39, 0.29) is 24.3 Å². The number of rotatable bonds is 5. The number of nitrogens with one attached hydrogen (secondary N) is 1. The smallest absolute Gasteiger partial charge is 0.306 e. The second-order valence-corrected chi connectivity index (χ2v) is 5.45. The zero-order valence-corrected chi connectivity index (χ0v) is 12.2. The number of para-hydroxylation sites is 1. The fourth-order valence-corrected chi connectivity index (χ4v) is 2.85. The Hall–Kier alpha value is -2.04. The summed E-state index contributed by atoms with van der Waals surface area (Å²) in [5.41, 5.74) is 0.836. The third kappa shape index (κ3) is 4.21. The number of ether oxygens (including phenoxy) is 1. The molecule has 1 aromatic carbocycles. The quantitative estimate of drug-likeness (QED) is 0.870. The van der Waals surface area contributed by atoms with Crippen LogP contribution in [0.2, 0.25) is 0 Å². The van der Waals surface area contributed by atoms with Crippen LogP contribution in [-0.2, 0) is 16.0 Å². The molecule has 1 aliphatic rings. The van der Waals surface area contributed by atoms with Crippen molar-refractivity contribution in [2.24, 2.45) is 5.92 Å². The molecule has 5 heteroatoms. The van der Waals surface area contributed by atoms with Crippen molar-refractivity contribution in [3.8, 4) is 5.75 Å². The molecule has 1 fully saturated rings. The Balaban J connectivity index is 1.91. The van der Waals surface area contributed by atoms with Crippen LogP contribution in [-0.4, -0.2) is 30.1 Å². The topological polar surface area (TPSA) is 75.6 Å². The molecule has 1 amide bonds. The van der Waals surface area contributed by atoms with E-state index in [1.54, 1.807) is 7.11 Å². The zero-order valence-electron chi connectivity index (χ0n) is 12.2. The molecule has 2 unspecified atom stereocenters. The zero-order chi connectivity index (χ0) is 15.2. The Morgan fingerprint density at radius 3 is 2.81 bits per heavy atom. The van der Waals surface area contributed by atoms with Gasteiger partial charge in [0.25, 0.3) is 0 Å². The van der Waals surface area contributed by atoms with Crippen molar-refractivity contribution >= 4 is 11.9 Å². The van der Waals surface area contributed by atoms with E-state index >= 15 is 0 Å². The molecule has 0 radical (unpaired) electrons. The van der Waals surface area contributed by atoms with Crippen molar-refractivity contribution < 1.29 is 19.4 Å². The lowest BCUT2D eigenvalue weighted by atomic mass is 9.85. The number of amides is 1. The van der Waals surface area contributed by atoms with E-state index in [1.165, 1.54) is 0 Å². The first kappa shape index (κ1) is 15.4. The number of carbonyl (C=O) groups excluding carboxylic acids is 1. The molecule has 0 aliphatic heterocycles. The Morgan fingerprint density at radius 1 is 1.33 bits per heavy atom. The van der Waals surface area contributed by atoms with Gasteiger partial charge in [0, 0.05) is 11.6 Å². The van der Waals surface area contributed by atoms with Crippen molar-refractivity contribution in [3.05, 3.63) is 29.8 Å². The maximum absolute atomic E-state index is 12.1. The molecule has 2 N–H and O–H groups in total. The average Bonchev–Trinajstić information content (AvgIpc) is 2.48. The Morgan fingerprint density at radius 2 is 2.10 bits per heavy atom. The van der Waals surface area contributed by atoms with Crippen molar-refractivity contribution in [3.63, 3.8) is 0 Å². The number of carboxylic acid groups (broad SMARTS) is 1. The van der Waals surface area contributed by atoms with E-state index in [0.29, 0.717) is 18.6 Å². The summed E-state index contributed by atoms with van der Waals surface area (Å²) in [4.78, 5) is 23.1. The van der Waals surface area contributed by atoms with E-state index < -0.39 is 5.97 Å². The summed E-state index contributed by atoms with van der Waals surface area (Å²) >= 11 is 0. The van der Waals surface area contributed by atoms with Crippen molar-refractivity contribution in [2.75, 3.05) is 7.11 Å². The molecule has 2 rings (SSSR count). The van der Waals surface area contributed by atoms with Crippen LogP contribution in [0.3, 0.4) is 0 Å². The summed E-state index contributed by atoms with van der Waals surface area (Å²) < 4.78 is 5.23. The van der Waals surface area contributed by atoms with Gasteiger partial charge in [-0.15, -0.1) is 0 Å². The molecule has 5 nitrogen and oxygen atoms in total. The summed E-state index contributed by atoms with van der Waals surface area (Å²) in [6.45, 7) is 0. The lowest BCUT2D eigenvalue weighted by molar-refractivity contribution is -0.143. The third-order valence-corrected chi connectivity index (χ3v) is 3.93. The summed E-state index contributed by atoms with van der Waals surface area (Å²) in [5, 5.41) is 12.0. The molecule has 1 aliphatic carbocycles. The standard InChI is InChI=1S/C16H21NO4/c1-21-14-8-3-2-5-11(14)10-15(18)17-13-7-4-6-12(9-13)16(19)20/h2-3,5,8,12-13H,4,6-7,9-10H2,1H3,(H,17,18)(H,19,20). The molecule has 2 atom stereocenters. The van der Waals surface area contributed by atoms with E-state index in [9.17, 15) is 9.59 Å². The minimum absolute atomic E-state index is 0.0398. The van der Waals surface area contributed by atoms with Crippen LogP contribution in [0.5, 0.6) is 5.75 Å². The molecular weight excluding hydrogens is 270 g/mol. The maximum atomic E-state index is 12.1. The van der Waals surface area contributed by atoms with Gasteiger partial charge in [-0.25, -0.2) is 0 Å². The molecule has 21 heavy (non-hydrogen) atoms. The van der Waals surface area contributed by atoms with Crippen LogP contribution < -0.4 is 10.1 Å². The van der Waals surface area contributed by atoms with Gasteiger partial charge in [-0.3, -0.25) is 9.59 Å². The monoisotopic (exact) mass is 291 g/mol. The number of methoxy groups -OCH3 is 1. The number of aliphatic carboxylic acids is 1. The fraction of sp³-hybridized carbons (Fsp3) is 0.500. The first-order valence-corrected chi connectivity index (χ1v) is 7.24. The van der Waals surface area contributed by atoms with Crippen molar-refractivity contribution in [1.29, 1.82) is 0 Å². The number of hydrogen-bond acceptors (Lipinski definition) is 3. The Kier molecular flexibility index (Phi) is 5.20. The Bertz CT molecular complexity index is 515. The molecular formula is C16H21NO4. The second-order valence-electron chi connectivity index (χ2n) is 5.45. The fourth-order valence-electron chi connectivity index (χ4n) is 2.85.